The molecule has 0 amide bonds. The molecule has 5 aromatic carbocycles. The van der Waals surface area contributed by atoms with E-state index >= 15 is 0 Å². The van der Waals surface area contributed by atoms with Crippen LogP contribution >= 0.6 is 0 Å². The van der Waals surface area contributed by atoms with Gasteiger partial charge in [0, 0.05) is 17.3 Å². The van der Waals surface area contributed by atoms with Crippen LogP contribution in [0.1, 0.15) is 111 Å². The largest absolute Gasteiger partial charge is 0.507 e. The molecule has 2 aromatic heterocycles. The molecule has 8 rings (SSSR count). The molecule has 320 valence electrons. The molecular weight excluding hydrogens is 767 g/mol. The highest BCUT2D eigenvalue weighted by Gasteiger charge is 2.37. The van der Waals surface area contributed by atoms with Gasteiger partial charge in [-0.2, -0.15) is 0 Å². The minimum absolute atomic E-state index is 0.0703. The van der Waals surface area contributed by atoms with E-state index in [-0.39, 0.29) is 34.3 Å². The van der Waals surface area contributed by atoms with E-state index in [9.17, 15) is 5.11 Å². The fourth-order valence-electron chi connectivity index (χ4n) is 8.74. The van der Waals surface area contributed by atoms with Crippen molar-refractivity contribution >= 4 is 24.0 Å². The van der Waals surface area contributed by atoms with Gasteiger partial charge in [-0.05, 0) is 122 Å². The lowest BCUT2D eigenvalue weighted by molar-refractivity contribution is 0.446. The Balaban J connectivity index is 1.44. The molecule has 1 N–H and O–H groups in total. The number of phenolic OH excluding ortho intramolecular Hbond substituents is 1. The number of aromatic nitrogens is 3. The van der Waals surface area contributed by atoms with Crippen molar-refractivity contribution in [2.45, 2.75) is 105 Å². The first-order valence-electron chi connectivity index (χ1n) is 22.4. The van der Waals surface area contributed by atoms with E-state index in [1.54, 1.807) is 0 Å². The monoisotopic (exact) mass is 831 g/mol. The van der Waals surface area contributed by atoms with Crippen LogP contribution in [0.5, 0.6) is 5.75 Å². The van der Waals surface area contributed by atoms with Crippen LogP contribution in [-0.2, 0) is 21.7 Å². The SMILES string of the molecule is CN1C=Cc2c(nc(-c3cc(C(C)(C)C)cc(C(C)(C)C)c3O)n2-c2ccc(C(C)(C)C)cc2-c2ccccc2)B1c1cc(-c2cc(-c3ccccc3)ccn2)cc(C(C)(C)C)c1. The van der Waals surface area contributed by atoms with Crippen LogP contribution in [0.3, 0.4) is 0 Å². The number of nitrogens with zero attached hydrogens (tertiary/aromatic N) is 4. The van der Waals surface area contributed by atoms with Gasteiger partial charge in [0.25, 0.3) is 0 Å². The van der Waals surface area contributed by atoms with Crippen molar-refractivity contribution in [2.24, 2.45) is 0 Å². The molecule has 7 aromatic rings. The zero-order valence-corrected chi connectivity index (χ0v) is 39.6. The summed E-state index contributed by atoms with van der Waals surface area (Å²) in [5, 5.41) is 12.6. The van der Waals surface area contributed by atoms with Crippen molar-refractivity contribution in [3.05, 3.63) is 162 Å². The number of pyridine rings is 1. The number of phenols is 1. The summed E-state index contributed by atoms with van der Waals surface area (Å²) in [5.41, 5.74) is 15.1. The van der Waals surface area contributed by atoms with Gasteiger partial charge in [-0.15, -0.1) is 0 Å². The maximum atomic E-state index is 12.6. The third-order valence-corrected chi connectivity index (χ3v) is 12.6. The predicted molar refractivity (Wildman–Crippen MR) is 268 cm³/mol. The normalized spacial score (nSPS) is 13.4. The molecule has 0 fully saturated rings. The molecule has 63 heavy (non-hydrogen) atoms. The van der Waals surface area contributed by atoms with Crippen LogP contribution in [0.2, 0.25) is 0 Å². The summed E-state index contributed by atoms with van der Waals surface area (Å²) in [7, 11) is 2.14. The van der Waals surface area contributed by atoms with Gasteiger partial charge in [-0.3, -0.25) is 9.55 Å². The second-order valence-corrected chi connectivity index (χ2v) is 21.6. The Morgan fingerprint density at radius 1 is 0.540 bits per heavy atom. The molecule has 0 saturated heterocycles. The number of rotatable bonds is 6. The smallest absolute Gasteiger partial charge is 0.345 e. The predicted octanol–water partition coefficient (Wildman–Crippen LogP) is 12.9. The van der Waals surface area contributed by atoms with Crippen LogP contribution in [0.4, 0.5) is 0 Å². The fraction of sp³-hybridized carbons (Fsp3) is 0.298. The summed E-state index contributed by atoms with van der Waals surface area (Å²) >= 11 is 0. The van der Waals surface area contributed by atoms with E-state index < -0.39 is 0 Å². The van der Waals surface area contributed by atoms with Crippen molar-refractivity contribution in [1.82, 2.24) is 19.3 Å². The summed E-state index contributed by atoms with van der Waals surface area (Å²) < 4.78 is 2.31. The van der Waals surface area contributed by atoms with Crippen LogP contribution < -0.4 is 11.1 Å². The average Bonchev–Trinajstić information content (AvgIpc) is 3.61. The highest BCUT2D eigenvalue weighted by atomic mass is 16.3. The summed E-state index contributed by atoms with van der Waals surface area (Å²) in [6.45, 7) is 26.6. The Kier molecular flexibility index (Phi) is 11.0. The van der Waals surface area contributed by atoms with Crippen LogP contribution in [0.15, 0.2) is 134 Å². The molecule has 3 heterocycles. The lowest BCUT2D eigenvalue weighted by Crippen LogP contribution is -2.56. The maximum absolute atomic E-state index is 12.6. The van der Waals surface area contributed by atoms with Crippen LogP contribution in [0.25, 0.3) is 56.7 Å². The second-order valence-electron chi connectivity index (χ2n) is 21.6. The third-order valence-electron chi connectivity index (χ3n) is 12.6. The molecule has 0 bridgehead atoms. The first-order chi connectivity index (χ1) is 29.6. The van der Waals surface area contributed by atoms with E-state index in [0.717, 1.165) is 72.6 Å². The van der Waals surface area contributed by atoms with E-state index in [1.165, 1.54) is 11.1 Å². The number of hydrogen-bond acceptors (Lipinski definition) is 4. The molecular formula is C57H63BN4O. The average molecular weight is 831 g/mol. The van der Waals surface area contributed by atoms with Crippen LogP contribution in [0, 0.1) is 0 Å². The molecule has 0 radical (unpaired) electrons. The van der Waals surface area contributed by atoms with Gasteiger partial charge in [0.05, 0.1) is 28.2 Å². The number of fused-ring (bicyclic) bond motifs is 1. The van der Waals surface area contributed by atoms with Gasteiger partial charge in [0.1, 0.15) is 11.6 Å². The van der Waals surface area contributed by atoms with Crippen LogP contribution in [-0.4, -0.2) is 38.3 Å². The molecule has 1 aliphatic heterocycles. The Morgan fingerprint density at radius 2 is 1.14 bits per heavy atom. The highest BCUT2D eigenvalue weighted by molar-refractivity contribution is 6.83. The first kappa shape index (κ1) is 43.5. The molecule has 0 spiro atoms. The summed E-state index contributed by atoms with van der Waals surface area (Å²) in [4.78, 5) is 13.0. The van der Waals surface area contributed by atoms with Gasteiger partial charge in [-0.1, -0.05) is 168 Å². The Hall–Kier alpha value is -6.14. The van der Waals surface area contributed by atoms with Crippen molar-refractivity contribution in [3.63, 3.8) is 0 Å². The van der Waals surface area contributed by atoms with Gasteiger partial charge >= 0.3 is 6.85 Å². The van der Waals surface area contributed by atoms with E-state index in [2.05, 4.69) is 233 Å². The van der Waals surface area contributed by atoms with Gasteiger partial charge in [0.2, 0.25) is 0 Å². The van der Waals surface area contributed by atoms with Crippen molar-refractivity contribution in [1.29, 1.82) is 0 Å². The lowest BCUT2D eigenvalue weighted by atomic mass is 9.49. The summed E-state index contributed by atoms with van der Waals surface area (Å²) in [5.74, 6) is 0.978. The second kappa shape index (κ2) is 15.9. The Bertz CT molecular complexity index is 2840. The van der Waals surface area contributed by atoms with Gasteiger partial charge in [-0.25, -0.2) is 4.98 Å². The summed E-state index contributed by atoms with van der Waals surface area (Å²) in [6.07, 6.45) is 6.30. The molecule has 0 saturated carbocycles. The van der Waals surface area contributed by atoms with E-state index in [1.807, 2.05) is 6.20 Å². The molecule has 1 aliphatic rings. The quantitative estimate of drug-likeness (QED) is 0.170. The first-order valence-corrected chi connectivity index (χ1v) is 22.4. The van der Waals surface area contributed by atoms with Gasteiger partial charge < -0.3 is 9.92 Å². The standard InChI is InChI=1S/C57H63BN4O/c1-54(2,3)41-24-25-49(45(34-41)38-22-18-15-19-23-38)62-50-27-29-61(13)58(52(50)60-53(62)46-35-43(56(7,8)9)36-47(51(46)63)57(10,11)12)44-31-40(30-42(33-44)55(4,5)6)48-32-39(26-28-59-48)37-20-16-14-17-21-37/h14-36,63H,1-13H3. The minimum atomic E-state index is -0.320. The fourth-order valence-corrected chi connectivity index (χ4v) is 8.74. The third kappa shape index (κ3) is 8.53. The number of aromatic hydroxyl groups is 1. The highest BCUT2D eigenvalue weighted by Crippen LogP contribution is 2.44. The number of hydrogen-bond donors (Lipinski definition) is 1. The maximum Gasteiger partial charge on any atom is 0.345 e. The van der Waals surface area contributed by atoms with E-state index in [4.69, 9.17) is 9.97 Å². The van der Waals surface area contributed by atoms with Crippen molar-refractivity contribution in [3.8, 4) is 56.3 Å². The van der Waals surface area contributed by atoms with E-state index in [0.29, 0.717) is 5.82 Å². The molecule has 0 atom stereocenters. The Labute approximate surface area is 376 Å². The molecule has 0 aliphatic carbocycles. The van der Waals surface area contributed by atoms with Gasteiger partial charge in [0.15, 0.2) is 0 Å². The zero-order chi connectivity index (χ0) is 45.2. The summed E-state index contributed by atoms with van der Waals surface area (Å²) in [6, 6.07) is 43.7. The molecule has 6 heteroatoms. The number of benzene rings is 5. The number of imidazole rings is 1. The minimum Gasteiger partial charge on any atom is -0.507 e. The topological polar surface area (TPSA) is 54.2 Å². The lowest BCUT2D eigenvalue weighted by Gasteiger charge is -2.29. The molecule has 5 nitrogen and oxygen atoms in total. The van der Waals surface area contributed by atoms with Crippen molar-refractivity contribution < 1.29 is 5.11 Å². The Morgan fingerprint density at radius 3 is 1.76 bits per heavy atom. The van der Waals surface area contributed by atoms with Crippen molar-refractivity contribution in [2.75, 3.05) is 7.05 Å². The zero-order valence-electron chi connectivity index (χ0n) is 39.6. The molecule has 0 unspecified atom stereocenters.